The average Bonchev–Trinajstić information content (AvgIpc) is 3.17. The normalized spacial score (nSPS) is 28.7. The van der Waals surface area contributed by atoms with E-state index in [1.807, 2.05) is 0 Å². The van der Waals surface area contributed by atoms with E-state index in [1.54, 1.807) is 17.2 Å². The van der Waals surface area contributed by atoms with Crippen LogP contribution in [0.4, 0.5) is 5.69 Å². The van der Waals surface area contributed by atoms with Crippen LogP contribution in [0.15, 0.2) is 36.7 Å². The Morgan fingerprint density at radius 1 is 1.00 bits per heavy atom. The number of aromatic nitrogens is 3. The predicted molar refractivity (Wildman–Crippen MR) is 74.2 cm³/mol. The second-order valence-corrected chi connectivity index (χ2v) is 5.79. The first-order valence-electron chi connectivity index (χ1n) is 7.12. The van der Waals surface area contributed by atoms with Crippen molar-refractivity contribution in [2.45, 2.75) is 31.7 Å². The lowest BCUT2D eigenvalue weighted by molar-refractivity contribution is 0.440. The van der Waals surface area contributed by atoms with E-state index in [0.717, 1.165) is 17.5 Å². The van der Waals surface area contributed by atoms with Gasteiger partial charge in [-0.05, 0) is 55.4 Å². The Balaban J connectivity index is 1.48. The summed E-state index contributed by atoms with van der Waals surface area (Å²) < 4.78 is 0. The van der Waals surface area contributed by atoms with Gasteiger partial charge in [0.1, 0.15) is 0 Å². The molecule has 4 heteroatoms. The topological polar surface area (TPSA) is 42.7 Å². The van der Waals surface area contributed by atoms with Crippen LogP contribution in [0.25, 0.3) is 5.69 Å². The maximum Gasteiger partial charge on any atom is 0.0858 e. The quantitative estimate of drug-likeness (QED) is 0.915. The van der Waals surface area contributed by atoms with E-state index in [0.29, 0.717) is 6.04 Å². The summed E-state index contributed by atoms with van der Waals surface area (Å²) in [6, 6.07) is 9.08. The number of hydrogen-bond acceptors (Lipinski definition) is 3. The summed E-state index contributed by atoms with van der Waals surface area (Å²) in [4.78, 5) is 1.64. The van der Waals surface area contributed by atoms with Gasteiger partial charge in [-0.2, -0.15) is 15.0 Å². The lowest BCUT2D eigenvalue weighted by Crippen LogP contribution is -2.25. The van der Waals surface area contributed by atoms with Gasteiger partial charge in [0.15, 0.2) is 0 Å². The molecule has 2 aliphatic carbocycles. The highest BCUT2D eigenvalue weighted by molar-refractivity contribution is 5.49. The van der Waals surface area contributed by atoms with Gasteiger partial charge < -0.3 is 5.32 Å². The van der Waals surface area contributed by atoms with Crippen molar-refractivity contribution >= 4 is 5.69 Å². The summed E-state index contributed by atoms with van der Waals surface area (Å²) >= 11 is 0. The van der Waals surface area contributed by atoms with Crippen LogP contribution in [0, 0.1) is 11.8 Å². The Bertz CT molecular complexity index is 546. The van der Waals surface area contributed by atoms with Crippen LogP contribution < -0.4 is 5.32 Å². The monoisotopic (exact) mass is 254 g/mol. The Kier molecular flexibility index (Phi) is 2.53. The summed E-state index contributed by atoms with van der Waals surface area (Å²) in [5.74, 6) is 1.88. The van der Waals surface area contributed by atoms with Crippen molar-refractivity contribution < 1.29 is 0 Å². The fourth-order valence-corrected chi connectivity index (χ4v) is 3.68. The molecule has 0 radical (unpaired) electrons. The van der Waals surface area contributed by atoms with Crippen molar-refractivity contribution in [3.8, 4) is 5.69 Å². The highest BCUT2D eigenvalue weighted by Crippen LogP contribution is 2.45. The minimum absolute atomic E-state index is 0.687. The van der Waals surface area contributed by atoms with Gasteiger partial charge in [0.25, 0.3) is 0 Å². The maximum atomic E-state index is 4.14. The Labute approximate surface area is 112 Å². The van der Waals surface area contributed by atoms with E-state index >= 15 is 0 Å². The molecule has 2 aliphatic rings. The summed E-state index contributed by atoms with van der Waals surface area (Å²) in [7, 11) is 0. The molecule has 2 aromatic rings. The molecule has 1 aromatic carbocycles. The van der Waals surface area contributed by atoms with Crippen LogP contribution in [-0.4, -0.2) is 21.0 Å². The molecule has 98 valence electrons. The molecule has 3 atom stereocenters. The molecule has 1 aromatic heterocycles. The minimum atomic E-state index is 0.687. The molecule has 2 fully saturated rings. The van der Waals surface area contributed by atoms with Gasteiger partial charge in [0, 0.05) is 11.7 Å². The smallest absolute Gasteiger partial charge is 0.0858 e. The van der Waals surface area contributed by atoms with Gasteiger partial charge in [0.2, 0.25) is 0 Å². The molecule has 0 spiro atoms. The van der Waals surface area contributed by atoms with E-state index < -0.39 is 0 Å². The Hall–Kier alpha value is -1.84. The zero-order chi connectivity index (χ0) is 12.7. The third kappa shape index (κ3) is 2.01. The number of benzene rings is 1. The number of rotatable bonds is 3. The highest BCUT2D eigenvalue weighted by atomic mass is 15.5. The number of fused-ring (bicyclic) bond motifs is 2. The number of anilines is 1. The maximum absolute atomic E-state index is 4.14. The van der Waals surface area contributed by atoms with Crippen LogP contribution in [0.1, 0.15) is 25.7 Å². The summed E-state index contributed by atoms with van der Waals surface area (Å²) in [5, 5.41) is 12.0. The number of hydrogen-bond donors (Lipinski definition) is 1. The molecule has 2 bridgehead atoms. The van der Waals surface area contributed by atoms with Crippen LogP contribution >= 0.6 is 0 Å². The Morgan fingerprint density at radius 2 is 1.79 bits per heavy atom. The molecule has 3 unspecified atom stereocenters. The standard InChI is InChI=1S/C15H18N4/c1-2-12-9-11(1)10-15(12)18-13-3-5-14(6-4-13)19-16-7-8-17-19/h3-8,11-12,15,18H,1-2,9-10H2. The van der Waals surface area contributed by atoms with Crippen molar-refractivity contribution in [1.82, 2.24) is 15.0 Å². The largest absolute Gasteiger partial charge is 0.382 e. The molecule has 4 nitrogen and oxygen atoms in total. The minimum Gasteiger partial charge on any atom is -0.382 e. The highest BCUT2D eigenvalue weighted by Gasteiger charge is 2.39. The predicted octanol–water partition coefficient (Wildman–Crippen LogP) is 2.87. The van der Waals surface area contributed by atoms with Crippen molar-refractivity contribution in [3.05, 3.63) is 36.7 Å². The number of nitrogens with zero attached hydrogens (tertiary/aromatic N) is 3. The first-order chi connectivity index (χ1) is 9.38. The average molecular weight is 254 g/mol. The van der Waals surface area contributed by atoms with Gasteiger partial charge in [0.05, 0.1) is 18.1 Å². The third-order valence-electron chi connectivity index (χ3n) is 4.61. The van der Waals surface area contributed by atoms with Crippen LogP contribution in [0.5, 0.6) is 0 Å². The van der Waals surface area contributed by atoms with E-state index in [1.165, 1.54) is 31.4 Å². The van der Waals surface area contributed by atoms with E-state index in [4.69, 9.17) is 0 Å². The second kappa shape index (κ2) is 4.37. The summed E-state index contributed by atoms with van der Waals surface area (Å²) in [5.41, 5.74) is 2.22. The van der Waals surface area contributed by atoms with E-state index in [2.05, 4.69) is 39.8 Å². The Morgan fingerprint density at radius 3 is 2.42 bits per heavy atom. The van der Waals surface area contributed by atoms with Crippen molar-refractivity contribution in [1.29, 1.82) is 0 Å². The lowest BCUT2D eigenvalue weighted by Gasteiger charge is -2.24. The zero-order valence-corrected chi connectivity index (χ0v) is 10.9. The fraction of sp³-hybridized carbons (Fsp3) is 0.467. The first kappa shape index (κ1) is 11.0. The fourth-order valence-electron chi connectivity index (χ4n) is 3.68. The molecule has 0 amide bonds. The summed E-state index contributed by atoms with van der Waals surface area (Å²) in [6.07, 6.45) is 9.05. The van der Waals surface area contributed by atoms with E-state index in [-0.39, 0.29) is 0 Å². The molecular weight excluding hydrogens is 236 g/mol. The lowest BCUT2D eigenvalue weighted by atomic mass is 9.95. The zero-order valence-electron chi connectivity index (χ0n) is 10.9. The third-order valence-corrected chi connectivity index (χ3v) is 4.61. The summed E-state index contributed by atoms with van der Waals surface area (Å²) in [6.45, 7) is 0. The molecule has 4 rings (SSSR count). The first-order valence-corrected chi connectivity index (χ1v) is 7.12. The molecule has 1 heterocycles. The SMILES string of the molecule is c1cnn(-c2ccc(NC3CC4CCC3C4)cc2)n1. The molecular formula is C15H18N4. The van der Waals surface area contributed by atoms with Gasteiger partial charge in [-0.25, -0.2) is 0 Å². The molecule has 0 saturated heterocycles. The van der Waals surface area contributed by atoms with Gasteiger partial charge in [-0.3, -0.25) is 0 Å². The van der Waals surface area contributed by atoms with Crippen molar-refractivity contribution in [2.24, 2.45) is 11.8 Å². The van der Waals surface area contributed by atoms with Crippen LogP contribution in [-0.2, 0) is 0 Å². The van der Waals surface area contributed by atoms with Gasteiger partial charge in [-0.15, -0.1) is 0 Å². The molecule has 19 heavy (non-hydrogen) atoms. The molecule has 0 aliphatic heterocycles. The van der Waals surface area contributed by atoms with Crippen LogP contribution in [0.2, 0.25) is 0 Å². The second-order valence-electron chi connectivity index (χ2n) is 5.79. The van der Waals surface area contributed by atoms with Crippen LogP contribution in [0.3, 0.4) is 0 Å². The molecule has 2 saturated carbocycles. The van der Waals surface area contributed by atoms with Crippen molar-refractivity contribution in [3.63, 3.8) is 0 Å². The molecule has 1 N–H and O–H groups in total. The van der Waals surface area contributed by atoms with Crippen molar-refractivity contribution in [2.75, 3.05) is 5.32 Å². The van der Waals surface area contributed by atoms with Gasteiger partial charge in [-0.1, -0.05) is 6.42 Å². The van der Waals surface area contributed by atoms with Gasteiger partial charge >= 0.3 is 0 Å². The number of nitrogens with one attached hydrogen (secondary N) is 1. The van der Waals surface area contributed by atoms with E-state index in [9.17, 15) is 0 Å².